The minimum atomic E-state index is -3.47. The van der Waals surface area contributed by atoms with Crippen LogP contribution in [-0.4, -0.2) is 31.4 Å². The molecule has 0 unspecified atom stereocenters. The summed E-state index contributed by atoms with van der Waals surface area (Å²) >= 11 is 0. The summed E-state index contributed by atoms with van der Waals surface area (Å²) in [4.78, 5) is 0. The molecule has 6 nitrogen and oxygen atoms in total. The van der Waals surface area contributed by atoms with Gasteiger partial charge in [-0.1, -0.05) is 29.8 Å². The highest BCUT2D eigenvalue weighted by Crippen LogP contribution is 2.19. The molecule has 7 heteroatoms. The average Bonchev–Trinajstić information content (AvgIpc) is 3.11. The van der Waals surface area contributed by atoms with Crippen molar-refractivity contribution in [2.75, 3.05) is 17.9 Å². The van der Waals surface area contributed by atoms with E-state index in [1.54, 1.807) is 16.9 Å². The first kappa shape index (κ1) is 16.0. The third-order valence-corrected chi connectivity index (χ3v) is 5.10. The maximum atomic E-state index is 12.4. The molecule has 1 aliphatic heterocycles. The Morgan fingerprint density at radius 3 is 3.00 bits per heavy atom. The molecule has 124 valence electrons. The fraction of sp³-hybridized carbons (Fsp3) is 0.438. The van der Waals surface area contributed by atoms with Crippen LogP contribution < -0.4 is 4.72 Å². The lowest BCUT2D eigenvalue weighted by atomic mass is 10.1. The van der Waals surface area contributed by atoms with Crippen molar-refractivity contribution in [3.05, 3.63) is 47.7 Å². The number of anilines is 1. The van der Waals surface area contributed by atoms with Crippen molar-refractivity contribution in [3.8, 4) is 0 Å². The smallest absolute Gasteiger partial charge is 0.238 e. The van der Waals surface area contributed by atoms with Crippen LogP contribution in [0, 0.1) is 12.8 Å². The van der Waals surface area contributed by atoms with Gasteiger partial charge in [-0.3, -0.25) is 4.72 Å². The molecule has 2 aromatic rings. The predicted octanol–water partition coefficient (Wildman–Crippen LogP) is 2.17. The number of aromatic nitrogens is 2. The Bertz CT molecular complexity index is 764. The predicted molar refractivity (Wildman–Crippen MR) is 88.6 cm³/mol. The van der Waals surface area contributed by atoms with Gasteiger partial charge in [0.15, 0.2) is 0 Å². The first-order chi connectivity index (χ1) is 11.0. The summed E-state index contributed by atoms with van der Waals surface area (Å²) in [7, 11) is -3.47. The Kier molecular flexibility index (Phi) is 4.68. The second-order valence-electron chi connectivity index (χ2n) is 5.98. The van der Waals surface area contributed by atoms with Crippen molar-refractivity contribution in [2.45, 2.75) is 25.6 Å². The van der Waals surface area contributed by atoms with Crippen LogP contribution in [0.15, 0.2) is 36.5 Å². The molecule has 3 rings (SSSR count). The van der Waals surface area contributed by atoms with E-state index >= 15 is 0 Å². The molecular weight excluding hydrogens is 314 g/mol. The monoisotopic (exact) mass is 335 g/mol. The van der Waals surface area contributed by atoms with Crippen LogP contribution >= 0.6 is 0 Å². The summed E-state index contributed by atoms with van der Waals surface area (Å²) in [6, 6.07) is 9.20. The molecule has 1 aliphatic rings. The van der Waals surface area contributed by atoms with Gasteiger partial charge < -0.3 is 4.74 Å². The fourth-order valence-corrected chi connectivity index (χ4v) is 3.94. The van der Waals surface area contributed by atoms with E-state index in [1.165, 1.54) is 0 Å². The molecule has 0 spiro atoms. The third-order valence-electron chi connectivity index (χ3n) is 3.87. The second-order valence-corrected chi connectivity index (χ2v) is 7.70. The molecule has 1 fully saturated rings. The molecule has 1 N–H and O–H groups in total. The molecule has 1 aromatic carbocycles. The molecule has 1 saturated heterocycles. The van der Waals surface area contributed by atoms with Gasteiger partial charge in [0.25, 0.3) is 0 Å². The molecule has 23 heavy (non-hydrogen) atoms. The molecule has 0 amide bonds. The van der Waals surface area contributed by atoms with Crippen molar-refractivity contribution in [1.29, 1.82) is 0 Å². The van der Waals surface area contributed by atoms with Crippen LogP contribution in [0.2, 0.25) is 0 Å². The van der Waals surface area contributed by atoms with E-state index in [-0.39, 0.29) is 5.75 Å². The normalized spacial score (nSPS) is 18.2. The molecule has 0 bridgehead atoms. The first-order valence-electron chi connectivity index (χ1n) is 7.67. The van der Waals surface area contributed by atoms with Crippen LogP contribution in [0.5, 0.6) is 0 Å². The number of aryl methyl sites for hydroxylation is 1. The molecule has 0 radical (unpaired) electrons. The van der Waals surface area contributed by atoms with Gasteiger partial charge in [-0.15, -0.1) is 0 Å². The highest BCUT2D eigenvalue weighted by atomic mass is 32.2. The van der Waals surface area contributed by atoms with E-state index in [0.29, 0.717) is 24.9 Å². The number of sulfonamides is 1. The molecule has 0 saturated carbocycles. The van der Waals surface area contributed by atoms with Crippen LogP contribution in [-0.2, 0) is 27.1 Å². The minimum Gasteiger partial charge on any atom is -0.381 e. The topological polar surface area (TPSA) is 73.2 Å². The van der Waals surface area contributed by atoms with Gasteiger partial charge in [0, 0.05) is 25.1 Å². The number of nitrogens with one attached hydrogen (secondary N) is 1. The number of rotatable bonds is 6. The Morgan fingerprint density at radius 2 is 2.26 bits per heavy atom. The largest absolute Gasteiger partial charge is 0.381 e. The van der Waals surface area contributed by atoms with Gasteiger partial charge in [-0.25, -0.2) is 13.1 Å². The average molecular weight is 335 g/mol. The van der Waals surface area contributed by atoms with E-state index in [0.717, 1.165) is 24.2 Å². The van der Waals surface area contributed by atoms with E-state index in [1.807, 2.05) is 31.2 Å². The Hall–Kier alpha value is -1.86. The zero-order valence-electron chi connectivity index (χ0n) is 13.1. The van der Waals surface area contributed by atoms with Gasteiger partial charge in [0.2, 0.25) is 10.0 Å². The van der Waals surface area contributed by atoms with Crippen molar-refractivity contribution < 1.29 is 13.2 Å². The van der Waals surface area contributed by atoms with Crippen molar-refractivity contribution in [2.24, 2.45) is 5.92 Å². The number of benzene rings is 1. The van der Waals surface area contributed by atoms with E-state index in [9.17, 15) is 8.42 Å². The SMILES string of the molecule is Cc1cccc(CS(=O)(=O)Nc2ccnn2C[C@@H]2CCOC2)c1. The summed E-state index contributed by atoms with van der Waals surface area (Å²) in [5.41, 5.74) is 1.82. The molecule has 1 atom stereocenters. The zero-order chi connectivity index (χ0) is 16.3. The van der Waals surface area contributed by atoms with E-state index < -0.39 is 10.0 Å². The second kappa shape index (κ2) is 6.72. The van der Waals surface area contributed by atoms with Crippen molar-refractivity contribution in [3.63, 3.8) is 0 Å². The first-order valence-corrected chi connectivity index (χ1v) is 9.33. The van der Waals surface area contributed by atoms with E-state index in [4.69, 9.17) is 4.74 Å². The Labute approximate surface area is 136 Å². The van der Waals surface area contributed by atoms with Gasteiger partial charge in [-0.2, -0.15) is 5.10 Å². The summed E-state index contributed by atoms with van der Waals surface area (Å²) < 4.78 is 34.5. The maximum Gasteiger partial charge on any atom is 0.238 e. The molecule has 0 aliphatic carbocycles. The van der Waals surface area contributed by atoms with Gasteiger partial charge in [-0.05, 0) is 18.9 Å². The lowest BCUT2D eigenvalue weighted by Crippen LogP contribution is -2.20. The summed E-state index contributed by atoms with van der Waals surface area (Å²) in [5.74, 6) is 0.839. The third kappa shape index (κ3) is 4.33. The fourth-order valence-electron chi connectivity index (χ4n) is 2.75. The van der Waals surface area contributed by atoms with Crippen LogP contribution in [0.25, 0.3) is 0 Å². The Balaban J connectivity index is 1.69. The van der Waals surface area contributed by atoms with Gasteiger partial charge in [0.1, 0.15) is 5.82 Å². The standard InChI is InChI=1S/C16H21N3O3S/c1-13-3-2-4-14(9-13)12-23(20,21)18-16-5-7-17-19(16)10-15-6-8-22-11-15/h2-5,7,9,15,18H,6,8,10-12H2,1H3/t15-/m0/s1. The molecular formula is C16H21N3O3S. The van der Waals surface area contributed by atoms with Crippen LogP contribution in [0.3, 0.4) is 0 Å². The maximum absolute atomic E-state index is 12.4. The number of ether oxygens (including phenoxy) is 1. The summed E-state index contributed by atoms with van der Waals surface area (Å²) in [5, 5.41) is 4.22. The van der Waals surface area contributed by atoms with Gasteiger partial charge >= 0.3 is 0 Å². The highest BCUT2D eigenvalue weighted by Gasteiger charge is 2.19. The number of hydrogen-bond donors (Lipinski definition) is 1. The van der Waals surface area contributed by atoms with Crippen LogP contribution in [0.4, 0.5) is 5.82 Å². The zero-order valence-corrected chi connectivity index (χ0v) is 13.9. The molecule has 2 heterocycles. The lowest BCUT2D eigenvalue weighted by molar-refractivity contribution is 0.181. The molecule has 1 aromatic heterocycles. The Morgan fingerprint density at radius 1 is 1.39 bits per heavy atom. The van der Waals surface area contributed by atoms with Gasteiger partial charge in [0.05, 0.1) is 18.6 Å². The lowest BCUT2D eigenvalue weighted by Gasteiger charge is -2.13. The minimum absolute atomic E-state index is 0.0492. The number of nitrogens with zero attached hydrogens (tertiary/aromatic N) is 2. The highest BCUT2D eigenvalue weighted by molar-refractivity contribution is 7.91. The van der Waals surface area contributed by atoms with Crippen LogP contribution in [0.1, 0.15) is 17.5 Å². The quantitative estimate of drug-likeness (QED) is 0.878. The van der Waals surface area contributed by atoms with Crippen molar-refractivity contribution >= 4 is 15.8 Å². The van der Waals surface area contributed by atoms with E-state index in [2.05, 4.69) is 9.82 Å². The summed E-state index contributed by atoms with van der Waals surface area (Å²) in [6.07, 6.45) is 2.59. The number of hydrogen-bond acceptors (Lipinski definition) is 4. The van der Waals surface area contributed by atoms with Crippen molar-refractivity contribution in [1.82, 2.24) is 9.78 Å². The summed E-state index contributed by atoms with van der Waals surface area (Å²) in [6.45, 7) is 4.08.